The molecule has 6 nitrogen and oxygen atoms in total. The first-order chi connectivity index (χ1) is 25.4. The molecule has 0 atom stereocenters. The van der Waals surface area contributed by atoms with Crippen molar-refractivity contribution in [3.05, 3.63) is 121 Å². The second kappa shape index (κ2) is 13.0. The molecule has 0 aliphatic rings. The standard InChI is InChI=1S/C23H21N3.C23H22N2O/c1-26(2)13-7-10-17-22-16-9-4-6-12-20(16)24-21(22)14-18-15-8-3-5-11-19(15)25-23(17)18;1-14(2)11-12-26-20-13-17-15-7-3-5-9-18(15)24-22(17)23-21(20)16-8-4-6-10-19(16)25-23/h3-12,14,24-25H,13H2,1-2H3;3-10,13-14,24-25H,11-12H2,1-2H3/b10-7-;. The summed E-state index contributed by atoms with van der Waals surface area (Å²) < 4.78 is 6.29. The molecule has 0 unspecified atom stereocenters. The second-order valence-electron chi connectivity index (χ2n) is 14.6. The van der Waals surface area contributed by atoms with Gasteiger partial charge >= 0.3 is 0 Å². The summed E-state index contributed by atoms with van der Waals surface area (Å²) in [6.45, 7) is 6.11. The summed E-state index contributed by atoms with van der Waals surface area (Å²) in [5, 5.41) is 9.92. The molecule has 258 valence electrons. The van der Waals surface area contributed by atoms with Gasteiger partial charge in [0.25, 0.3) is 0 Å². The van der Waals surface area contributed by atoms with Crippen LogP contribution in [0.2, 0.25) is 0 Å². The number of aromatic nitrogens is 4. The van der Waals surface area contributed by atoms with Gasteiger partial charge in [-0.3, -0.25) is 0 Å². The number of rotatable bonds is 7. The minimum absolute atomic E-state index is 0.630. The highest BCUT2D eigenvalue weighted by Crippen LogP contribution is 2.41. The maximum atomic E-state index is 6.29. The smallest absolute Gasteiger partial charge is 0.130 e. The highest BCUT2D eigenvalue weighted by atomic mass is 16.5. The molecule has 4 heterocycles. The van der Waals surface area contributed by atoms with Crippen LogP contribution < -0.4 is 4.74 Å². The fourth-order valence-corrected chi connectivity index (χ4v) is 7.72. The molecule has 52 heavy (non-hydrogen) atoms. The lowest BCUT2D eigenvalue weighted by Crippen LogP contribution is -2.10. The SMILES string of the molecule is CC(C)CCOc1cc2c3ccccc3[nH]c2c2[nH]c3ccccc3c12.CN(C)C/C=C\c1c2[nH]c3ccccc3c2cc2[nH]c3ccccc3c12. The molecule has 6 aromatic carbocycles. The average Bonchev–Trinajstić information content (AvgIpc) is 3.91. The van der Waals surface area contributed by atoms with Crippen molar-refractivity contribution in [2.24, 2.45) is 5.92 Å². The molecule has 0 saturated carbocycles. The monoisotopic (exact) mass is 681 g/mol. The number of likely N-dealkylation sites (N-methyl/N-ethyl adjacent to an activating group) is 1. The number of para-hydroxylation sites is 4. The van der Waals surface area contributed by atoms with Gasteiger partial charge in [-0.25, -0.2) is 0 Å². The van der Waals surface area contributed by atoms with E-state index in [1.165, 1.54) is 70.7 Å². The van der Waals surface area contributed by atoms with Crippen molar-refractivity contribution in [2.45, 2.75) is 20.3 Å². The van der Waals surface area contributed by atoms with Crippen LogP contribution in [0, 0.1) is 5.92 Å². The first-order valence-corrected chi connectivity index (χ1v) is 18.3. The van der Waals surface area contributed by atoms with E-state index in [1.807, 2.05) is 0 Å². The first kappa shape index (κ1) is 32.0. The Hall–Kier alpha value is -5.98. The summed E-state index contributed by atoms with van der Waals surface area (Å²) in [4.78, 5) is 16.6. The summed E-state index contributed by atoms with van der Waals surface area (Å²) in [7, 11) is 4.18. The molecule has 10 rings (SSSR count). The Kier molecular flexibility index (Phi) is 7.97. The lowest BCUT2D eigenvalue weighted by atomic mass is 10.0. The number of benzene rings is 6. The molecule has 0 fully saturated rings. The average molecular weight is 682 g/mol. The van der Waals surface area contributed by atoms with E-state index in [2.05, 4.69) is 174 Å². The number of fused-ring (bicyclic) bond motifs is 13. The van der Waals surface area contributed by atoms with Crippen LogP contribution in [0.3, 0.4) is 0 Å². The van der Waals surface area contributed by atoms with Crippen LogP contribution in [-0.4, -0.2) is 52.1 Å². The van der Waals surface area contributed by atoms with Gasteiger partial charge in [-0.1, -0.05) is 98.8 Å². The van der Waals surface area contributed by atoms with Gasteiger partial charge in [0, 0.05) is 77.4 Å². The van der Waals surface area contributed by atoms with Gasteiger partial charge in [0.15, 0.2) is 0 Å². The Morgan fingerprint density at radius 1 is 0.558 bits per heavy atom. The number of nitrogens with one attached hydrogen (secondary N) is 4. The molecule has 0 aliphatic carbocycles. The van der Waals surface area contributed by atoms with Crippen LogP contribution >= 0.6 is 0 Å². The molecule has 4 aromatic heterocycles. The maximum absolute atomic E-state index is 6.29. The first-order valence-electron chi connectivity index (χ1n) is 18.3. The van der Waals surface area contributed by atoms with Crippen molar-refractivity contribution >= 4 is 93.3 Å². The predicted molar refractivity (Wildman–Crippen MR) is 223 cm³/mol. The van der Waals surface area contributed by atoms with Crippen molar-refractivity contribution in [3.63, 3.8) is 0 Å². The molecule has 6 heteroatoms. The molecule has 0 amide bonds. The summed E-state index contributed by atoms with van der Waals surface area (Å²) in [6.07, 6.45) is 5.55. The lowest BCUT2D eigenvalue weighted by Gasteiger charge is -2.10. The Labute approximate surface area is 302 Å². The van der Waals surface area contributed by atoms with Gasteiger partial charge in [-0.15, -0.1) is 0 Å². The van der Waals surface area contributed by atoms with E-state index >= 15 is 0 Å². The van der Waals surface area contributed by atoms with Crippen LogP contribution in [0.25, 0.3) is 93.3 Å². The van der Waals surface area contributed by atoms with Crippen molar-refractivity contribution in [1.82, 2.24) is 24.8 Å². The summed E-state index contributed by atoms with van der Waals surface area (Å²) >= 11 is 0. The number of H-pyrrole nitrogens is 4. The Morgan fingerprint density at radius 2 is 1.08 bits per heavy atom. The van der Waals surface area contributed by atoms with E-state index in [-0.39, 0.29) is 0 Å². The number of ether oxygens (including phenoxy) is 1. The third kappa shape index (κ3) is 5.47. The fourth-order valence-electron chi connectivity index (χ4n) is 7.72. The molecule has 10 aromatic rings. The van der Waals surface area contributed by atoms with E-state index in [1.54, 1.807) is 0 Å². The van der Waals surface area contributed by atoms with E-state index < -0.39 is 0 Å². The van der Waals surface area contributed by atoms with Gasteiger partial charge < -0.3 is 29.6 Å². The normalized spacial score (nSPS) is 12.3. The van der Waals surface area contributed by atoms with E-state index in [0.29, 0.717) is 5.92 Å². The maximum Gasteiger partial charge on any atom is 0.130 e. The van der Waals surface area contributed by atoms with Crippen LogP contribution in [-0.2, 0) is 0 Å². The molecule has 0 saturated heterocycles. The molecule has 0 radical (unpaired) electrons. The van der Waals surface area contributed by atoms with Gasteiger partial charge in [-0.05, 0) is 62.8 Å². The van der Waals surface area contributed by atoms with Gasteiger partial charge in [0.05, 0.1) is 28.5 Å². The van der Waals surface area contributed by atoms with Crippen LogP contribution in [0.5, 0.6) is 5.75 Å². The number of hydrogen-bond acceptors (Lipinski definition) is 2. The molecule has 0 bridgehead atoms. The van der Waals surface area contributed by atoms with Crippen molar-refractivity contribution in [3.8, 4) is 5.75 Å². The van der Waals surface area contributed by atoms with Gasteiger partial charge in [0.1, 0.15) is 5.75 Å². The Morgan fingerprint density at radius 3 is 1.71 bits per heavy atom. The van der Waals surface area contributed by atoms with Gasteiger partial charge in [0.2, 0.25) is 0 Å². The van der Waals surface area contributed by atoms with Crippen LogP contribution in [0.15, 0.2) is 115 Å². The van der Waals surface area contributed by atoms with Gasteiger partial charge in [-0.2, -0.15) is 0 Å². The topological polar surface area (TPSA) is 75.6 Å². The van der Waals surface area contributed by atoms with Crippen LogP contribution in [0.1, 0.15) is 25.8 Å². The summed E-state index contributed by atoms with van der Waals surface area (Å²) in [6, 6.07) is 38.5. The largest absolute Gasteiger partial charge is 0.493 e. The zero-order chi connectivity index (χ0) is 35.3. The number of aromatic amines is 4. The zero-order valence-corrected chi connectivity index (χ0v) is 30.1. The number of nitrogens with zero attached hydrogens (tertiary/aromatic N) is 1. The molecule has 4 N–H and O–H groups in total. The second-order valence-corrected chi connectivity index (χ2v) is 14.6. The Bertz CT molecular complexity index is 2920. The predicted octanol–water partition coefficient (Wildman–Crippen LogP) is 11.9. The zero-order valence-electron chi connectivity index (χ0n) is 30.1. The fraction of sp³-hybridized carbons (Fsp3) is 0.174. The summed E-state index contributed by atoms with van der Waals surface area (Å²) in [5.74, 6) is 1.60. The molecule has 0 spiro atoms. The highest BCUT2D eigenvalue weighted by Gasteiger charge is 2.18. The molecular formula is C46H43N5O. The number of hydrogen-bond donors (Lipinski definition) is 4. The van der Waals surface area contributed by atoms with Crippen molar-refractivity contribution < 1.29 is 4.74 Å². The molecule has 0 aliphatic heterocycles. The third-order valence-corrected chi connectivity index (χ3v) is 10.2. The minimum atomic E-state index is 0.630. The Balaban J connectivity index is 0.000000138. The minimum Gasteiger partial charge on any atom is -0.493 e. The van der Waals surface area contributed by atoms with E-state index in [0.717, 1.165) is 47.4 Å². The third-order valence-electron chi connectivity index (χ3n) is 10.2. The lowest BCUT2D eigenvalue weighted by molar-refractivity contribution is 0.293. The molecular weight excluding hydrogens is 639 g/mol. The van der Waals surface area contributed by atoms with Crippen molar-refractivity contribution in [2.75, 3.05) is 27.2 Å². The highest BCUT2D eigenvalue weighted by molar-refractivity contribution is 6.24. The van der Waals surface area contributed by atoms with Crippen LogP contribution in [0.4, 0.5) is 0 Å². The van der Waals surface area contributed by atoms with E-state index in [9.17, 15) is 0 Å². The summed E-state index contributed by atoms with van der Waals surface area (Å²) in [5.41, 5.74) is 10.6. The van der Waals surface area contributed by atoms with E-state index in [4.69, 9.17) is 4.74 Å². The quantitative estimate of drug-likeness (QED) is 0.135. The van der Waals surface area contributed by atoms with Crippen molar-refractivity contribution in [1.29, 1.82) is 0 Å².